The molecule has 1 fully saturated rings. The summed E-state index contributed by atoms with van der Waals surface area (Å²) in [5, 5.41) is 2.68. The molecule has 3 atom stereocenters. The number of hydrogen-bond donors (Lipinski definition) is 1. The molecule has 2 heteroatoms. The molecular formula is C11H17NO. The molecule has 0 heterocycles. The zero-order chi connectivity index (χ0) is 9.26. The highest BCUT2D eigenvalue weighted by Crippen LogP contribution is 2.45. The first-order valence-corrected chi connectivity index (χ1v) is 5.18. The van der Waals surface area contributed by atoms with Gasteiger partial charge in [-0.2, -0.15) is 0 Å². The van der Waals surface area contributed by atoms with Crippen LogP contribution in [0.15, 0.2) is 12.2 Å². The Bertz CT molecular complexity index is 234. The highest BCUT2D eigenvalue weighted by Gasteiger charge is 2.35. The third-order valence-corrected chi connectivity index (χ3v) is 3.44. The van der Waals surface area contributed by atoms with E-state index in [1.165, 1.54) is 12.8 Å². The van der Waals surface area contributed by atoms with E-state index < -0.39 is 0 Å². The fraction of sp³-hybridized carbons (Fsp3) is 0.727. The second kappa shape index (κ2) is 3.52. The van der Waals surface area contributed by atoms with Gasteiger partial charge in [0.25, 0.3) is 0 Å². The molecule has 13 heavy (non-hydrogen) atoms. The van der Waals surface area contributed by atoms with Crippen molar-refractivity contribution in [3.63, 3.8) is 0 Å². The standard InChI is InChI=1S/C11H17NO/c1-12-11(13)5-4-10-7-8-2-3-9(10)6-8/h2-3,8-10H,4-7H2,1H3,(H,12,13). The zero-order valence-corrected chi connectivity index (χ0v) is 8.12. The average Bonchev–Trinajstić information content (AvgIpc) is 2.74. The lowest BCUT2D eigenvalue weighted by Gasteiger charge is -2.16. The van der Waals surface area contributed by atoms with E-state index in [1.807, 2.05) is 0 Å². The van der Waals surface area contributed by atoms with Gasteiger partial charge in [-0.15, -0.1) is 0 Å². The van der Waals surface area contributed by atoms with Crippen molar-refractivity contribution in [2.45, 2.75) is 25.7 Å². The zero-order valence-electron chi connectivity index (χ0n) is 8.12. The maximum atomic E-state index is 11.0. The van der Waals surface area contributed by atoms with Crippen molar-refractivity contribution in [3.05, 3.63) is 12.2 Å². The van der Waals surface area contributed by atoms with Crippen LogP contribution < -0.4 is 5.32 Å². The molecule has 0 aromatic heterocycles. The Morgan fingerprint density at radius 1 is 1.46 bits per heavy atom. The van der Waals surface area contributed by atoms with Crippen LogP contribution in [0, 0.1) is 17.8 Å². The highest BCUT2D eigenvalue weighted by molar-refractivity contribution is 5.75. The van der Waals surface area contributed by atoms with Crippen molar-refractivity contribution in [1.29, 1.82) is 0 Å². The van der Waals surface area contributed by atoms with Gasteiger partial charge in [-0.05, 0) is 37.0 Å². The molecule has 0 saturated heterocycles. The summed E-state index contributed by atoms with van der Waals surface area (Å²) < 4.78 is 0. The van der Waals surface area contributed by atoms with Gasteiger partial charge in [-0.25, -0.2) is 0 Å². The first-order valence-electron chi connectivity index (χ1n) is 5.18. The van der Waals surface area contributed by atoms with Crippen LogP contribution in [0.25, 0.3) is 0 Å². The fourth-order valence-corrected chi connectivity index (χ4v) is 2.67. The number of nitrogens with one attached hydrogen (secondary N) is 1. The summed E-state index contributed by atoms with van der Waals surface area (Å²) in [6.07, 6.45) is 9.14. The van der Waals surface area contributed by atoms with Crippen molar-refractivity contribution in [1.82, 2.24) is 5.32 Å². The van der Waals surface area contributed by atoms with Crippen molar-refractivity contribution in [3.8, 4) is 0 Å². The topological polar surface area (TPSA) is 29.1 Å². The summed E-state index contributed by atoms with van der Waals surface area (Å²) >= 11 is 0. The van der Waals surface area contributed by atoms with Gasteiger partial charge in [0.05, 0.1) is 0 Å². The normalized spacial score (nSPS) is 35.3. The summed E-state index contributed by atoms with van der Waals surface area (Å²) in [6, 6.07) is 0. The minimum absolute atomic E-state index is 0.187. The molecule has 2 aliphatic rings. The van der Waals surface area contributed by atoms with Crippen LogP contribution in [0.4, 0.5) is 0 Å². The van der Waals surface area contributed by atoms with Crippen LogP contribution in [0.3, 0.4) is 0 Å². The van der Waals surface area contributed by atoms with E-state index in [-0.39, 0.29) is 5.91 Å². The van der Waals surface area contributed by atoms with E-state index in [0.717, 1.165) is 24.2 Å². The van der Waals surface area contributed by atoms with Crippen molar-refractivity contribution in [2.24, 2.45) is 17.8 Å². The van der Waals surface area contributed by atoms with E-state index in [9.17, 15) is 4.79 Å². The van der Waals surface area contributed by atoms with Crippen molar-refractivity contribution < 1.29 is 4.79 Å². The number of allylic oxidation sites excluding steroid dienone is 2. The molecule has 0 spiro atoms. The van der Waals surface area contributed by atoms with Gasteiger partial charge in [0.15, 0.2) is 0 Å². The minimum atomic E-state index is 0.187. The van der Waals surface area contributed by atoms with Gasteiger partial charge in [-0.1, -0.05) is 12.2 Å². The lowest BCUT2D eigenvalue weighted by molar-refractivity contribution is -0.120. The highest BCUT2D eigenvalue weighted by atomic mass is 16.1. The molecule has 3 unspecified atom stereocenters. The maximum absolute atomic E-state index is 11.0. The lowest BCUT2D eigenvalue weighted by Crippen LogP contribution is -2.19. The first-order chi connectivity index (χ1) is 6.29. The summed E-state index contributed by atoms with van der Waals surface area (Å²) in [6.45, 7) is 0. The number of amides is 1. The fourth-order valence-electron chi connectivity index (χ4n) is 2.67. The molecule has 2 rings (SSSR count). The Morgan fingerprint density at radius 2 is 2.31 bits per heavy atom. The first kappa shape index (κ1) is 8.79. The molecule has 1 amide bonds. The number of carbonyl (C=O) groups is 1. The number of rotatable bonds is 3. The molecule has 2 bridgehead atoms. The Labute approximate surface area is 79.4 Å². The summed E-state index contributed by atoms with van der Waals surface area (Å²) in [7, 11) is 1.71. The van der Waals surface area contributed by atoms with Crippen LogP contribution >= 0.6 is 0 Å². The molecule has 0 aromatic carbocycles. The molecule has 0 aromatic rings. The summed E-state index contributed by atoms with van der Waals surface area (Å²) in [4.78, 5) is 11.0. The van der Waals surface area contributed by atoms with Crippen LogP contribution in [0.1, 0.15) is 25.7 Å². The van der Waals surface area contributed by atoms with E-state index in [1.54, 1.807) is 7.05 Å². The Kier molecular flexibility index (Phi) is 2.38. The van der Waals surface area contributed by atoms with Gasteiger partial charge in [0.1, 0.15) is 0 Å². The predicted octanol–water partition coefficient (Wildman–Crippen LogP) is 1.72. The van der Waals surface area contributed by atoms with Gasteiger partial charge in [-0.3, -0.25) is 4.79 Å². The lowest BCUT2D eigenvalue weighted by atomic mass is 9.89. The van der Waals surface area contributed by atoms with E-state index in [0.29, 0.717) is 6.42 Å². The summed E-state index contributed by atoms with van der Waals surface area (Å²) in [5.41, 5.74) is 0. The third kappa shape index (κ3) is 1.77. The number of fused-ring (bicyclic) bond motifs is 2. The van der Waals surface area contributed by atoms with Crippen LogP contribution in [0.5, 0.6) is 0 Å². The molecule has 1 N–H and O–H groups in total. The van der Waals surface area contributed by atoms with E-state index in [2.05, 4.69) is 17.5 Å². The van der Waals surface area contributed by atoms with E-state index in [4.69, 9.17) is 0 Å². The number of hydrogen-bond acceptors (Lipinski definition) is 1. The minimum Gasteiger partial charge on any atom is -0.359 e. The third-order valence-electron chi connectivity index (χ3n) is 3.44. The van der Waals surface area contributed by atoms with E-state index >= 15 is 0 Å². The Balaban J connectivity index is 1.78. The molecule has 72 valence electrons. The second-order valence-electron chi connectivity index (χ2n) is 4.25. The maximum Gasteiger partial charge on any atom is 0.219 e. The second-order valence-corrected chi connectivity index (χ2v) is 4.25. The molecular weight excluding hydrogens is 162 g/mol. The SMILES string of the molecule is CNC(=O)CCC1CC2C=CC1C2. The summed E-state index contributed by atoms with van der Waals surface area (Å²) in [5.74, 6) is 2.59. The molecule has 0 radical (unpaired) electrons. The van der Waals surface area contributed by atoms with Crippen LogP contribution in [0.2, 0.25) is 0 Å². The van der Waals surface area contributed by atoms with Gasteiger partial charge < -0.3 is 5.32 Å². The van der Waals surface area contributed by atoms with Crippen molar-refractivity contribution in [2.75, 3.05) is 7.05 Å². The van der Waals surface area contributed by atoms with Crippen molar-refractivity contribution >= 4 is 5.91 Å². The molecule has 0 aliphatic heterocycles. The van der Waals surface area contributed by atoms with Crippen LogP contribution in [-0.2, 0) is 4.79 Å². The van der Waals surface area contributed by atoms with Gasteiger partial charge in [0, 0.05) is 13.5 Å². The molecule has 2 nitrogen and oxygen atoms in total. The number of carbonyl (C=O) groups excluding carboxylic acids is 1. The monoisotopic (exact) mass is 179 g/mol. The Morgan fingerprint density at radius 3 is 2.85 bits per heavy atom. The largest absolute Gasteiger partial charge is 0.359 e. The smallest absolute Gasteiger partial charge is 0.219 e. The molecule has 1 saturated carbocycles. The van der Waals surface area contributed by atoms with Crippen LogP contribution in [-0.4, -0.2) is 13.0 Å². The van der Waals surface area contributed by atoms with Gasteiger partial charge in [0.2, 0.25) is 5.91 Å². The predicted molar refractivity (Wildman–Crippen MR) is 52.1 cm³/mol. The average molecular weight is 179 g/mol. The molecule has 2 aliphatic carbocycles. The Hall–Kier alpha value is -0.790. The van der Waals surface area contributed by atoms with Gasteiger partial charge >= 0.3 is 0 Å². The quantitative estimate of drug-likeness (QED) is 0.657.